The van der Waals surface area contributed by atoms with Gasteiger partial charge in [-0.1, -0.05) is 72.8 Å². The van der Waals surface area contributed by atoms with Crippen molar-refractivity contribution < 1.29 is 29.1 Å². The molecule has 5 amide bonds. The molecule has 5 aromatic rings. The highest BCUT2D eigenvalue weighted by Crippen LogP contribution is 2.34. The fourth-order valence-corrected chi connectivity index (χ4v) is 8.59. The number of rotatable bonds is 11. The summed E-state index contributed by atoms with van der Waals surface area (Å²) < 4.78 is 0. The molecule has 60 heavy (non-hydrogen) atoms. The van der Waals surface area contributed by atoms with Crippen molar-refractivity contribution >= 4 is 52.0 Å². The fraction of sp³-hybridized carbons (Fsp3) is 0.340. The number of nitrogens with one attached hydrogen (secondary N) is 3. The summed E-state index contributed by atoms with van der Waals surface area (Å²) in [4.78, 5) is 77.7. The van der Waals surface area contributed by atoms with Crippen LogP contribution in [0.5, 0.6) is 0 Å². The molecule has 4 N–H and O–H groups in total. The van der Waals surface area contributed by atoms with Crippen molar-refractivity contribution in [3.8, 4) is 11.3 Å². The number of fused-ring (bicyclic) bond motifs is 1. The maximum absolute atomic E-state index is 14.2. The summed E-state index contributed by atoms with van der Waals surface area (Å²) in [6.07, 6.45) is 1.20. The summed E-state index contributed by atoms with van der Waals surface area (Å²) in [7, 11) is 3.75. The van der Waals surface area contributed by atoms with Crippen molar-refractivity contribution in [2.24, 2.45) is 0 Å². The van der Waals surface area contributed by atoms with Gasteiger partial charge in [0.2, 0.25) is 17.7 Å². The van der Waals surface area contributed by atoms with Crippen LogP contribution in [0, 0.1) is 0 Å². The van der Waals surface area contributed by atoms with Gasteiger partial charge in [0.05, 0.1) is 0 Å². The summed E-state index contributed by atoms with van der Waals surface area (Å²) in [5, 5.41) is 17.2. The van der Waals surface area contributed by atoms with Gasteiger partial charge in [0.1, 0.15) is 24.2 Å². The molecule has 2 aliphatic rings. The first-order chi connectivity index (χ1) is 28.7. The number of anilines is 2. The third-order valence-corrected chi connectivity index (χ3v) is 11.4. The van der Waals surface area contributed by atoms with E-state index in [0.29, 0.717) is 49.3 Å². The molecular formula is C47H53N7O6. The Hall–Kier alpha value is -6.47. The zero-order valence-electron chi connectivity index (χ0n) is 34.7. The Kier molecular flexibility index (Phi) is 12.1. The molecule has 2 aliphatic heterocycles. The molecule has 0 radical (unpaired) electrons. The average Bonchev–Trinajstić information content (AvgIpc) is 4.01. The van der Waals surface area contributed by atoms with Crippen molar-refractivity contribution in [2.45, 2.75) is 76.2 Å². The molecule has 13 nitrogen and oxygen atoms in total. The van der Waals surface area contributed by atoms with Crippen LogP contribution >= 0.6 is 0 Å². The summed E-state index contributed by atoms with van der Waals surface area (Å²) in [6.45, 7) is 6.11. The molecule has 0 unspecified atom stereocenters. The van der Waals surface area contributed by atoms with E-state index >= 15 is 0 Å². The molecule has 13 heteroatoms. The van der Waals surface area contributed by atoms with Gasteiger partial charge in [0.25, 0.3) is 5.91 Å². The van der Waals surface area contributed by atoms with E-state index in [-0.39, 0.29) is 17.7 Å². The van der Waals surface area contributed by atoms with E-state index in [1.54, 1.807) is 62.1 Å². The number of carbonyl (C=O) groups is 5. The minimum atomic E-state index is -1.22. The lowest BCUT2D eigenvalue weighted by Crippen LogP contribution is -2.54. The van der Waals surface area contributed by atoms with Crippen LogP contribution in [0.3, 0.4) is 0 Å². The van der Waals surface area contributed by atoms with Crippen molar-refractivity contribution in [3.63, 3.8) is 0 Å². The number of carboxylic acid groups (broad SMARTS) is 1. The van der Waals surface area contributed by atoms with E-state index in [0.717, 1.165) is 34.1 Å². The van der Waals surface area contributed by atoms with Crippen LogP contribution in [0.2, 0.25) is 0 Å². The van der Waals surface area contributed by atoms with Gasteiger partial charge >= 0.3 is 6.09 Å². The van der Waals surface area contributed by atoms with Crippen molar-refractivity contribution in [1.29, 1.82) is 0 Å². The third kappa shape index (κ3) is 8.76. The van der Waals surface area contributed by atoms with Gasteiger partial charge < -0.3 is 30.5 Å². The molecule has 7 rings (SSSR count). The summed E-state index contributed by atoms with van der Waals surface area (Å²) in [5.41, 5.74) is 4.33. The topological polar surface area (TPSA) is 158 Å². The van der Waals surface area contributed by atoms with Crippen LogP contribution < -0.4 is 10.6 Å². The second kappa shape index (κ2) is 17.4. The number of aromatic nitrogens is 1. The summed E-state index contributed by atoms with van der Waals surface area (Å²) in [5.74, 6) is -1.07. The molecule has 2 saturated heterocycles. The largest absolute Gasteiger partial charge is 0.465 e. The second-order valence-electron chi connectivity index (χ2n) is 16.8. The van der Waals surface area contributed by atoms with Gasteiger partial charge in [-0.25, -0.2) is 4.79 Å². The zero-order chi connectivity index (χ0) is 42.7. The van der Waals surface area contributed by atoms with E-state index in [1.807, 2.05) is 91.8 Å². The number of amides is 5. The Morgan fingerprint density at radius 1 is 0.683 bits per heavy atom. The van der Waals surface area contributed by atoms with Crippen LogP contribution in [0.4, 0.5) is 16.2 Å². The highest BCUT2D eigenvalue weighted by atomic mass is 16.4. The number of likely N-dealkylation sites (tertiary alicyclic amines) is 2. The molecule has 0 saturated carbocycles. The molecular weight excluding hydrogens is 759 g/mol. The molecule has 3 heterocycles. The number of likely N-dealkylation sites (N-methyl/N-ethyl adjacent to an activating group) is 1. The monoisotopic (exact) mass is 811 g/mol. The Morgan fingerprint density at radius 2 is 1.18 bits per heavy atom. The Bertz CT molecular complexity index is 2360. The highest BCUT2D eigenvalue weighted by molar-refractivity contribution is 6.01. The molecule has 1 aromatic heterocycles. The van der Waals surface area contributed by atoms with Crippen LogP contribution in [-0.2, 0) is 19.2 Å². The maximum Gasteiger partial charge on any atom is 0.408 e. The van der Waals surface area contributed by atoms with E-state index < -0.39 is 41.7 Å². The van der Waals surface area contributed by atoms with Crippen LogP contribution in [0.1, 0.15) is 69.7 Å². The maximum atomic E-state index is 14.2. The van der Waals surface area contributed by atoms with Gasteiger partial charge in [0, 0.05) is 46.6 Å². The van der Waals surface area contributed by atoms with Gasteiger partial charge in [0.15, 0.2) is 0 Å². The standard InChI is InChI=1S/C47H53N7O6/c1-47(2,3)54(46(59)60)41(32-16-10-7-11-17-32)45(58)53-27-13-18-38(53)42(55)48-34-22-20-30(21-23-34)37-29-33-28-35(24-25-36(33)50-37)49-43(56)39-19-12-26-52(39)44(57)40(51(4)5)31-14-8-6-9-15-31/h6-11,14-17,20-25,28-29,38-41,50H,12-13,18-19,26-27H2,1-5H3,(H,48,55)(H,49,56)(H,59,60)/t38-,39-,40+,41+/m0/s1. The number of nitrogens with zero attached hydrogens (tertiary/aromatic N) is 4. The second-order valence-corrected chi connectivity index (χ2v) is 16.8. The molecule has 4 atom stereocenters. The number of H-pyrrole nitrogens is 1. The lowest BCUT2D eigenvalue weighted by Gasteiger charge is -2.41. The molecule has 312 valence electrons. The number of carbonyl (C=O) groups excluding carboxylic acids is 4. The number of benzene rings is 4. The lowest BCUT2D eigenvalue weighted by molar-refractivity contribution is -0.142. The normalized spacial score (nSPS) is 17.7. The third-order valence-electron chi connectivity index (χ3n) is 11.4. The summed E-state index contributed by atoms with van der Waals surface area (Å²) >= 11 is 0. The van der Waals surface area contributed by atoms with Gasteiger partial charge in [-0.05, 0) is 114 Å². The minimum absolute atomic E-state index is 0.0894. The molecule has 2 fully saturated rings. The first-order valence-electron chi connectivity index (χ1n) is 20.5. The number of aromatic amines is 1. The van der Waals surface area contributed by atoms with Crippen molar-refractivity contribution in [1.82, 2.24) is 24.6 Å². The Labute approximate surface area is 350 Å². The first-order valence-corrected chi connectivity index (χ1v) is 20.5. The molecule has 0 bridgehead atoms. The first kappa shape index (κ1) is 41.7. The summed E-state index contributed by atoms with van der Waals surface area (Å²) in [6, 6.07) is 30.6. The van der Waals surface area contributed by atoms with E-state index in [4.69, 9.17) is 0 Å². The Balaban J connectivity index is 1.01. The minimum Gasteiger partial charge on any atom is -0.465 e. The zero-order valence-corrected chi connectivity index (χ0v) is 34.7. The smallest absolute Gasteiger partial charge is 0.408 e. The molecule has 0 aliphatic carbocycles. The predicted octanol–water partition coefficient (Wildman–Crippen LogP) is 7.52. The predicted molar refractivity (Wildman–Crippen MR) is 232 cm³/mol. The van der Waals surface area contributed by atoms with Crippen LogP contribution in [0.15, 0.2) is 109 Å². The SMILES string of the molecule is CN(C)[C@@H](C(=O)N1CCC[C@H]1C(=O)Nc1ccc2[nH]c(-c3ccc(NC(=O)[C@@H]4CCCN4C(=O)[C@@H](c4ccccc4)N(C(=O)O)C(C)(C)C)cc3)cc2c1)c1ccccc1. The lowest BCUT2D eigenvalue weighted by atomic mass is 9.97. The quantitative estimate of drug-likeness (QED) is 0.107. The average molecular weight is 812 g/mol. The highest BCUT2D eigenvalue weighted by Gasteiger charge is 2.44. The molecule has 4 aromatic carbocycles. The number of hydrogen-bond donors (Lipinski definition) is 4. The van der Waals surface area contributed by atoms with Crippen molar-refractivity contribution in [2.75, 3.05) is 37.8 Å². The van der Waals surface area contributed by atoms with Crippen LogP contribution in [0.25, 0.3) is 22.2 Å². The van der Waals surface area contributed by atoms with E-state index in [9.17, 15) is 29.1 Å². The van der Waals surface area contributed by atoms with Gasteiger partial charge in [-0.2, -0.15) is 0 Å². The van der Waals surface area contributed by atoms with Gasteiger partial charge in [-0.3, -0.25) is 29.0 Å². The van der Waals surface area contributed by atoms with E-state index in [2.05, 4.69) is 15.6 Å². The van der Waals surface area contributed by atoms with Crippen LogP contribution in [-0.4, -0.2) is 104 Å². The van der Waals surface area contributed by atoms with E-state index in [1.165, 1.54) is 9.80 Å². The number of hydrogen-bond acceptors (Lipinski definition) is 6. The van der Waals surface area contributed by atoms with Gasteiger partial charge in [-0.15, -0.1) is 0 Å². The Morgan fingerprint density at radius 3 is 1.70 bits per heavy atom. The molecule has 0 spiro atoms. The fourth-order valence-electron chi connectivity index (χ4n) is 8.59. The van der Waals surface area contributed by atoms with Crippen molar-refractivity contribution in [3.05, 3.63) is 120 Å².